The van der Waals surface area contributed by atoms with Gasteiger partial charge in [0.25, 0.3) is 10.0 Å². The predicted molar refractivity (Wildman–Crippen MR) is 188 cm³/mol. The first-order valence-electron chi connectivity index (χ1n) is 16.5. The number of amides is 2. The molecule has 0 spiro atoms. The smallest absolute Gasteiger partial charge is 0.264 e. The summed E-state index contributed by atoms with van der Waals surface area (Å²) >= 11 is 0. The lowest BCUT2D eigenvalue weighted by molar-refractivity contribution is -0.140. The lowest BCUT2D eigenvalue weighted by atomic mass is 10.0. The number of anilines is 1. The molecule has 1 aliphatic rings. The standard InChI is InChI=1S/C39H45N3O4S/c1-4-33-17-8-11-20-36(33)42(47(45,46)35-23-21-29(2)22-24-35)28-38(43)41(27-32-16-12-13-30(3)25-32)37(26-31-14-6-5-7-15-31)39(44)40-34-18-9-10-19-34/h5-8,11-17,20-25,34,37H,4,9-10,18-19,26-28H2,1-3H3,(H,40,44). The maximum atomic E-state index is 14.8. The first-order valence-corrected chi connectivity index (χ1v) is 18.0. The molecule has 2 amide bonds. The maximum absolute atomic E-state index is 14.8. The fraction of sp³-hybridized carbons (Fsp3) is 0.333. The minimum atomic E-state index is -4.15. The molecule has 4 aromatic carbocycles. The highest BCUT2D eigenvalue weighted by molar-refractivity contribution is 7.92. The predicted octanol–water partition coefficient (Wildman–Crippen LogP) is 6.76. The molecule has 0 aromatic heterocycles. The van der Waals surface area contributed by atoms with Crippen molar-refractivity contribution in [2.45, 2.75) is 82.8 Å². The lowest BCUT2D eigenvalue weighted by Crippen LogP contribution is -2.54. The summed E-state index contributed by atoms with van der Waals surface area (Å²) in [6.07, 6.45) is 4.81. The molecule has 0 radical (unpaired) electrons. The van der Waals surface area contributed by atoms with Gasteiger partial charge in [-0.15, -0.1) is 0 Å². The first-order chi connectivity index (χ1) is 22.7. The monoisotopic (exact) mass is 651 g/mol. The van der Waals surface area contributed by atoms with Crippen LogP contribution in [0.4, 0.5) is 5.69 Å². The number of hydrogen-bond acceptors (Lipinski definition) is 4. The van der Waals surface area contributed by atoms with Gasteiger partial charge in [-0.2, -0.15) is 0 Å². The van der Waals surface area contributed by atoms with Gasteiger partial charge in [0.05, 0.1) is 10.6 Å². The van der Waals surface area contributed by atoms with Gasteiger partial charge in [-0.05, 0) is 68.0 Å². The molecule has 0 aliphatic heterocycles. The van der Waals surface area contributed by atoms with Crippen LogP contribution >= 0.6 is 0 Å². The molecule has 1 aliphatic carbocycles. The number of nitrogens with one attached hydrogen (secondary N) is 1. The van der Waals surface area contributed by atoms with Gasteiger partial charge in [-0.1, -0.05) is 116 Å². The van der Waals surface area contributed by atoms with Crippen molar-refractivity contribution in [2.24, 2.45) is 0 Å². The second-order valence-electron chi connectivity index (χ2n) is 12.5. The Morgan fingerprint density at radius 3 is 2.15 bits per heavy atom. The Bertz CT molecular complexity index is 1770. The fourth-order valence-corrected chi connectivity index (χ4v) is 7.78. The van der Waals surface area contributed by atoms with Crippen LogP contribution in [0, 0.1) is 13.8 Å². The van der Waals surface area contributed by atoms with Crippen molar-refractivity contribution in [3.8, 4) is 0 Å². The van der Waals surface area contributed by atoms with Gasteiger partial charge in [-0.3, -0.25) is 13.9 Å². The maximum Gasteiger partial charge on any atom is 0.264 e. The van der Waals surface area contributed by atoms with Gasteiger partial charge >= 0.3 is 0 Å². The highest BCUT2D eigenvalue weighted by Crippen LogP contribution is 2.29. The minimum Gasteiger partial charge on any atom is -0.352 e. The average molecular weight is 652 g/mol. The third-order valence-electron chi connectivity index (χ3n) is 8.94. The van der Waals surface area contributed by atoms with Crippen molar-refractivity contribution < 1.29 is 18.0 Å². The molecular formula is C39H45N3O4S. The topological polar surface area (TPSA) is 86.8 Å². The minimum absolute atomic E-state index is 0.0616. The number of aryl methyl sites for hydroxylation is 3. The number of benzene rings is 4. The number of hydrogen-bond donors (Lipinski definition) is 1. The van der Waals surface area contributed by atoms with E-state index in [2.05, 4.69) is 5.32 Å². The summed E-state index contributed by atoms with van der Waals surface area (Å²) in [6, 6.07) is 30.7. The van der Waals surface area contributed by atoms with Gasteiger partial charge in [-0.25, -0.2) is 8.42 Å². The molecule has 4 aromatic rings. The summed E-state index contributed by atoms with van der Waals surface area (Å²) in [5.74, 6) is -0.667. The molecule has 0 heterocycles. The Balaban J connectivity index is 1.59. The molecule has 1 atom stereocenters. The zero-order chi connectivity index (χ0) is 33.4. The Kier molecular flexibility index (Phi) is 11.1. The van der Waals surface area contributed by atoms with E-state index in [0.717, 1.165) is 53.5 Å². The summed E-state index contributed by atoms with van der Waals surface area (Å²) in [4.78, 5) is 30.6. The van der Waals surface area contributed by atoms with Crippen LogP contribution in [0.3, 0.4) is 0 Å². The molecule has 0 saturated heterocycles. The summed E-state index contributed by atoms with van der Waals surface area (Å²) in [5, 5.41) is 3.23. The zero-order valence-electron chi connectivity index (χ0n) is 27.6. The summed E-state index contributed by atoms with van der Waals surface area (Å²) in [7, 11) is -4.15. The second-order valence-corrected chi connectivity index (χ2v) is 14.4. The van der Waals surface area contributed by atoms with Crippen LogP contribution in [-0.2, 0) is 39.0 Å². The lowest BCUT2D eigenvalue weighted by Gasteiger charge is -2.35. The van der Waals surface area contributed by atoms with E-state index in [0.29, 0.717) is 18.5 Å². The fourth-order valence-electron chi connectivity index (χ4n) is 6.33. The largest absolute Gasteiger partial charge is 0.352 e. The molecule has 1 unspecified atom stereocenters. The number of sulfonamides is 1. The number of para-hydroxylation sites is 1. The molecular weight excluding hydrogens is 607 g/mol. The summed E-state index contributed by atoms with van der Waals surface area (Å²) in [6.45, 7) is 5.55. The van der Waals surface area contributed by atoms with E-state index in [4.69, 9.17) is 0 Å². The quantitative estimate of drug-likeness (QED) is 0.173. The van der Waals surface area contributed by atoms with Crippen LogP contribution in [-0.4, -0.2) is 43.8 Å². The van der Waals surface area contributed by atoms with Crippen LogP contribution < -0.4 is 9.62 Å². The number of carbonyl (C=O) groups excluding carboxylic acids is 2. The third-order valence-corrected chi connectivity index (χ3v) is 10.7. The van der Waals surface area contributed by atoms with Crippen LogP contribution in [0.25, 0.3) is 0 Å². The van der Waals surface area contributed by atoms with E-state index in [-0.39, 0.29) is 23.4 Å². The molecule has 47 heavy (non-hydrogen) atoms. The zero-order valence-corrected chi connectivity index (χ0v) is 28.4. The van der Waals surface area contributed by atoms with Crippen molar-refractivity contribution in [2.75, 3.05) is 10.8 Å². The molecule has 0 bridgehead atoms. The van der Waals surface area contributed by atoms with E-state index in [1.807, 2.05) is 87.5 Å². The van der Waals surface area contributed by atoms with E-state index < -0.39 is 28.5 Å². The molecule has 8 heteroatoms. The molecule has 1 saturated carbocycles. The number of carbonyl (C=O) groups is 2. The van der Waals surface area contributed by atoms with Crippen molar-refractivity contribution >= 4 is 27.5 Å². The van der Waals surface area contributed by atoms with E-state index in [9.17, 15) is 18.0 Å². The van der Waals surface area contributed by atoms with Gasteiger partial charge in [0.1, 0.15) is 12.6 Å². The third kappa shape index (κ3) is 8.49. The Hall–Kier alpha value is -4.43. The highest BCUT2D eigenvalue weighted by Gasteiger charge is 2.36. The summed E-state index contributed by atoms with van der Waals surface area (Å²) < 4.78 is 30.0. The van der Waals surface area contributed by atoms with Crippen LogP contribution in [0.15, 0.2) is 108 Å². The van der Waals surface area contributed by atoms with E-state index >= 15 is 0 Å². The molecule has 1 fully saturated rings. The number of rotatable bonds is 13. The van der Waals surface area contributed by atoms with Crippen molar-refractivity contribution in [3.05, 3.63) is 131 Å². The normalized spacial score (nSPS) is 14.0. The van der Waals surface area contributed by atoms with Crippen LogP contribution in [0.2, 0.25) is 0 Å². The van der Waals surface area contributed by atoms with Gasteiger partial charge in [0, 0.05) is 19.0 Å². The number of nitrogens with zero attached hydrogens (tertiary/aromatic N) is 2. The van der Waals surface area contributed by atoms with Crippen LogP contribution in [0.1, 0.15) is 60.4 Å². The molecule has 1 N–H and O–H groups in total. The SMILES string of the molecule is CCc1ccccc1N(CC(=O)N(Cc1cccc(C)c1)C(Cc1ccccc1)C(=O)NC1CCCC1)S(=O)(=O)c1ccc(C)cc1. The molecule has 5 rings (SSSR count). The molecule has 7 nitrogen and oxygen atoms in total. The average Bonchev–Trinajstić information content (AvgIpc) is 3.59. The van der Waals surface area contributed by atoms with Crippen molar-refractivity contribution in [3.63, 3.8) is 0 Å². The van der Waals surface area contributed by atoms with Gasteiger partial charge in [0.15, 0.2) is 0 Å². The van der Waals surface area contributed by atoms with E-state index in [1.165, 1.54) is 4.31 Å². The van der Waals surface area contributed by atoms with E-state index in [1.54, 1.807) is 41.3 Å². The second kappa shape index (κ2) is 15.4. The van der Waals surface area contributed by atoms with Gasteiger partial charge < -0.3 is 10.2 Å². The van der Waals surface area contributed by atoms with Crippen molar-refractivity contribution in [1.82, 2.24) is 10.2 Å². The Morgan fingerprint density at radius 1 is 0.809 bits per heavy atom. The highest BCUT2D eigenvalue weighted by atomic mass is 32.2. The Labute approximate surface area is 279 Å². The summed E-state index contributed by atoms with van der Waals surface area (Å²) in [5.41, 5.74) is 5.01. The molecule has 246 valence electrons. The van der Waals surface area contributed by atoms with Crippen molar-refractivity contribution in [1.29, 1.82) is 0 Å². The van der Waals surface area contributed by atoms with Gasteiger partial charge in [0.2, 0.25) is 11.8 Å². The first kappa shape index (κ1) is 33.9. The van der Waals surface area contributed by atoms with Crippen LogP contribution in [0.5, 0.6) is 0 Å². The Morgan fingerprint density at radius 2 is 1.47 bits per heavy atom.